The summed E-state index contributed by atoms with van der Waals surface area (Å²) >= 11 is 0. The molecule has 0 saturated heterocycles. The molecule has 0 fully saturated rings. The largest absolute Gasteiger partial charge is 1.00 e. The van der Waals surface area contributed by atoms with Gasteiger partial charge in [0.15, 0.2) is 0 Å². The number of ether oxygens (including phenoxy) is 1. The maximum Gasteiger partial charge on any atom is 1.00 e. The van der Waals surface area contributed by atoms with Crippen LogP contribution in [0.25, 0.3) is 0 Å². The minimum absolute atomic E-state index is 0. The molecule has 2 rings (SSSR count). The molecular formula is C19H23KO5S. The zero-order valence-electron chi connectivity index (χ0n) is 15.3. The van der Waals surface area contributed by atoms with Crippen molar-refractivity contribution in [1.82, 2.24) is 0 Å². The van der Waals surface area contributed by atoms with E-state index in [1.807, 2.05) is 0 Å². The molecule has 1 N–H and O–H groups in total. The van der Waals surface area contributed by atoms with Gasteiger partial charge in [-0.25, -0.2) is 0 Å². The predicted octanol–water partition coefficient (Wildman–Crippen LogP) is 1.32. The van der Waals surface area contributed by atoms with Crippen LogP contribution in [0.1, 0.15) is 44.6 Å². The maximum atomic E-state index is 12.2. The third-order valence-corrected chi connectivity index (χ3v) is 4.78. The van der Waals surface area contributed by atoms with Gasteiger partial charge in [0.2, 0.25) is 0 Å². The van der Waals surface area contributed by atoms with Crippen molar-refractivity contribution in [3.05, 3.63) is 48.0 Å². The number of unbranched alkanes of at least 4 members (excludes halogenated alkanes) is 4. The summed E-state index contributed by atoms with van der Waals surface area (Å²) in [6.45, 7) is 2.17. The summed E-state index contributed by atoms with van der Waals surface area (Å²) in [7, 11) is -4.29. The van der Waals surface area contributed by atoms with Gasteiger partial charge in [0.1, 0.15) is 11.5 Å². The fourth-order valence-electron chi connectivity index (χ4n) is 2.56. The normalized spacial score (nSPS) is 11.0. The number of rotatable bonds is 9. The maximum absolute atomic E-state index is 12.2. The molecule has 0 aliphatic rings. The van der Waals surface area contributed by atoms with E-state index in [4.69, 9.17) is 9.29 Å². The topological polar surface area (TPSA) is 86.7 Å². The van der Waals surface area contributed by atoms with Crippen LogP contribution in [0.15, 0.2) is 47.4 Å². The van der Waals surface area contributed by atoms with Crippen LogP contribution in [0.3, 0.4) is 0 Å². The van der Waals surface area contributed by atoms with Gasteiger partial charge in [0, 0.05) is 6.07 Å². The Balaban J connectivity index is 0.00000338. The van der Waals surface area contributed by atoms with Crippen molar-refractivity contribution in [2.24, 2.45) is 0 Å². The molecule has 2 aromatic carbocycles. The summed E-state index contributed by atoms with van der Waals surface area (Å²) in [6, 6.07) is 10.3. The molecule has 5 nitrogen and oxygen atoms in total. The molecule has 2 aromatic rings. The van der Waals surface area contributed by atoms with E-state index in [1.165, 1.54) is 43.5 Å². The van der Waals surface area contributed by atoms with Crippen LogP contribution in [-0.4, -0.2) is 13.0 Å². The van der Waals surface area contributed by atoms with Crippen LogP contribution in [0.5, 0.6) is 17.2 Å². The fraction of sp³-hybridized carbons (Fsp3) is 0.368. The molecular weight excluding hydrogens is 379 g/mol. The second kappa shape index (κ2) is 11.4. The molecule has 0 aliphatic carbocycles. The van der Waals surface area contributed by atoms with Crippen molar-refractivity contribution in [3.8, 4) is 17.2 Å². The van der Waals surface area contributed by atoms with E-state index in [-0.39, 0.29) is 67.8 Å². The number of hydrogen-bond acceptors (Lipinski definition) is 4. The van der Waals surface area contributed by atoms with Crippen molar-refractivity contribution in [2.75, 3.05) is 0 Å². The Morgan fingerprint density at radius 1 is 1.00 bits per heavy atom. The second-order valence-electron chi connectivity index (χ2n) is 5.99. The first-order valence-corrected chi connectivity index (χ1v) is 9.89. The third kappa shape index (κ3) is 7.68. The van der Waals surface area contributed by atoms with Crippen LogP contribution < -0.4 is 61.2 Å². The van der Waals surface area contributed by atoms with Crippen molar-refractivity contribution in [3.63, 3.8) is 0 Å². The summed E-state index contributed by atoms with van der Waals surface area (Å²) in [5.41, 5.74) is 0.760. The van der Waals surface area contributed by atoms with E-state index < -0.39 is 10.1 Å². The average molecular weight is 403 g/mol. The summed E-state index contributed by atoms with van der Waals surface area (Å²) in [5.74, 6) is 0.494. The quantitative estimate of drug-likeness (QED) is 0.388. The molecule has 136 valence electrons. The Bertz CT molecular complexity index is 805. The first-order chi connectivity index (χ1) is 11.9. The van der Waals surface area contributed by atoms with Crippen molar-refractivity contribution < 1.29 is 74.2 Å². The van der Waals surface area contributed by atoms with E-state index in [0.29, 0.717) is 5.75 Å². The Kier molecular flexibility index (Phi) is 10.4. The Labute approximate surface area is 198 Å². The monoisotopic (exact) mass is 402 g/mol. The van der Waals surface area contributed by atoms with Gasteiger partial charge < -0.3 is 9.84 Å². The molecule has 0 heterocycles. The Hall–Kier alpha value is -0.414. The van der Waals surface area contributed by atoms with Gasteiger partial charge in [0.05, 0.1) is 4.90 Å². The zero-order chi connectivity index (χ0) is 18.3. The molecule has 0 atom stereocenters. The van der Waals surface area contributed by atoms with Gasteiger partial charge >= 0.3 is 51.4 Å². The van der Waals surface area contributed by atoms with Gasteiger partial charge in [0.25, 0.3) is 10.1 Å². The van der Waals surface area contributed by atoms with E-state index in [0.717, 1.165) is 24.8 Å². The molecule has 0 spiro atoms. The van der Waals surface area contributed by atoms with Gasteiger partial charge in [-0.2, -0.15) is 8.42 Å². The Morgan fingerprint density at radius 2 is 1.69 bits per heavy atom. The van der Waals surface area contributed by atoms with Crippen LogP contribution in [0.2, 0.25) is 0 Å². The number of benzene rings is 2. The van der Waals surface area contributed by atoms with Gasteiger partial charge in [-0.3, -0.25) is 4.55 Å². The molecule has 0 amide bonds. The van der Waals surface area contributed by atoms with Gasteiger partial charge in [-0.15, -0.1) is 5.75 Å². The molecule has 7 heteroatoms. The second-order valence-corrected chi connectivity index (χ2v) is 7.41. The molecule has 0 aromatic heterocycles. The first kappa shape index (κ1) is 23.6. The third-order valence-electron chi connectivity index (χ3n) is 3.93. The summed E-state index contributed by atoms with van der Waals surface area (Å²) < 4.78 is 36.9. The first-order valence-electron chi connectivity index (χ1n) is 8.45. The average Bonchev–Trinajstić information content (AvgIpc) is 2.56. The number of aryl methyl sites for hydroxylation is 1. The Morgan fingerprint density at radius 3 is 2.35 bits per heavy atom. The molecule has 0 aliphatic heterocycles. The molecule has 26 heavy (non-hydrogen) atoms. The van der Waals surface area contributed by atoms with Gasteiger partial charge in [-0.05, 0) is 37.1 Å². The molecule has 0 bridgehead atoms. The predicted molar refractivity (Wildman–Crippen MR) is 94.7 cm³/mol. The number of hydrogen-bond donors (Lipinski definition) is 1. The summed E-state index contributed by atoms with van der Waals surface area (Å²) in [5, 5.41) is 12.2. The van der Waals surface area contributed by atoms with Gasteiger partial charge in [-0.1, -0.05) is 50.3 Å². The fourth-order valence-corrected chi connectivity index (χ4v) is 3.07. The van der Waals surface area contributed by atoms with Crippen LogP contribution in [0.4, 0.5) is 0 Å². The molecule has 0 unspecified atom stereocenters. The van der Waals surface area contributed by atoms with E-state index in [1.54, 1.807) is 18.2 Å². The van der Waals surface area contributed by atoms with Crippen LogP contribution >= 0.6 is 0 Å². The van der Waals surface area contributed by atoms with Crippen LogP contribution in [0, 0.1) is 0 Å². The SMILES string of the molecule is CCCCCCCc1ccc(Oc2cccc(S(=O)(=O)O)c2)cc1[O-].[K+]. The van der Waals surface area contributed by atoms with Crippen molar-refractivity contribution >= 4 is 10.1 Å². The van der Waals surface area contributed by atoms with E-state index in [9.17, 15) is 13.5 Å². The summed E-state index contributed by atoms with van der Waals surface area (Å²) in [4.78, 5) is -0.254. The summed E-state index contributed by atoms with van der Waals surface area (Å²) in [6.07, 6.45) is 6.47. The zero-order valence-corrected chi connectivity index (χ0v) is 19.2. The smallest absolute Gasteiger partial charge is 0.872 e. The molecule has 0 saturated carbocycles. The standard InChI is InChI=1S/C19H24O5S.K/c1-2-3-4-5-6-8-15-11-12-17(14-19(15)20)24-16-9-7-10-18(13-16)25(21,22)23;/h7,9-14,20H,2-6,8H2,1H3,(H,21,22,23);/q;+1/p-1. The minimum Gasteiger partial charge on any atom is -0.872 e. The minimum atomic E-state index is -4.29. The van der Waals surface area contributed by atoms with Crippen LogP contribution in [-0.2, 0) is 16.5 Å². The van der Waals surface area contributed by atoms with Crippen molar-refractivity contribution in [1.29, 1.82) is 0 Å². The van der Waals surface area contributed by atoms with E-state index >= 15 is 0 Å². The molecule has 0 radical (unpaired) electrons. The van der Waals surface area contributed by atoms with E-state index in [2.05, 4.69) is 6.92 Å². The van der Waals surface area contributed by atoms with Crippen molar-refractivity contribution in [2.45, 2.75) is 50.3 Å².